The molecule has 0 amide bonds. The molecule has 2 rings (SSSR count). The lowest BCUT2D eigenvalue weighted by Crippen LogP contribution is -2.26. The maximum Gasteiger partial charge on any atom is 0.243 e. The highest BCUT2D eigenvalue weighted by atomic mass is 32.2. The zero-order valence-electron chi connectivity index (χ0n) is 10.7. The lowest BCUT2D eigenvalue weighted by Gasteiger charge is -2.16. The highest BCUT2D eigenvalue weighted by molar-refractivity contribution is 7.89. The lowest BCUT2D eigenvalue weighted by atomic mass is 10.2. The van der Waals surface area contributed by atoms with Crippen LogP contribution in [0.1, 0.15) is 11.3 Å². The van der Waals surface area contributed by atoms with E-state index >= 15 is 0 Å². The molecule has 1 aromatic carbocycles. The molecule has 0 saturated carbocycles. The Morgan fingerprint density at radius 3 is 2.68 bits per heavy atom. The Labute approximate surface area is 116 Å². The van der Waals surface area contributed by atoms with E-state index in [0.29, 0.717) is 5.69 Å². The Kier molecular flexibility index (Phi) is 3.88. The predicted octanol–water partition coefficient (Wildman–Crippen LogP) is 1.85. The summed E-state index contributed by atoms with van der Waals surface area (Å²) in [5, 5.41) is 1.83. The maximum atomic E-state index is 12.4. The molecule has 0 aliphatic carbocycles. The number of nitrogens with two attached hydrogens (primary N) is 1. The monoisotopic (exact) mass is 297 g/mol. The molecule has 2 N–H and O–H groups in total. The number of nitrogen functional groups attached to an aromatic ring is 1. The molecule has 1 aromatic heterocycles. The Bertz CT molecular complexity index is 646. The topological polar surface area (TPSA) is 76.3 Å². The maximum absolute atomic E-state index is 12.4. The zero-order chi connectivity index (χ0) is 14.0. The lowest BCUT2D eigenvalue weighted by molar-refractivity contribution is 0.463. The van der Waals surface area contributed by atoms with Gasteiger partial charge in [-0.3, -0.25) is 0 Å². The van der Waals surface area contributed by atoms with Gasteiger partial charge in [-0.2, -0.15) is 4.31 Å². The molecule has 0 aliphatic heterocycles. The first-order valence-electron chi connectivity index (χ1n) is 5.60. The van der Waals surface area contributed by atoms with Gasteiger partial charge in [0.25, 0.3) is 0 Å². The van der Waals surface area contributed by atoms with Crippen molar-refractivity contribution >= 4 is 27.0 Å². The minimum atomic E-state index is -3.54. The number of anilines is 1. The molecule has 7 heteroatoms. The van der Waals surface area contributed by atoms with Crippen molar-refractivity contribution < 1.29 is 8.42 Å². The van der Waals surface area contributed by atoms with E-state index in [2.05, 4.69) is 4.98 Å². The van der Waals surface area contributed by atoms with Crippen LogP contribution in [0.3, 0.4) is 0 Å². The zero-order valence-corrected chi connectivity index (χ0v) is 12.3. The van der Waals surface area contributed by atoms with Crippen molar-refractivity contribution in [2.45, 2.75) is 18.4 Å². The molecule has 19 heavy (non-hydrogen) atoms. The predicted molar refractivity (Wildman–Crippen MR) is 76.4 cm³/mol. The number of aromatic nitrogens is 1. The van der Waals surface area contributed by atoms with Gasteiger partial charge in [-0.25, -0.2) is 13.4 Å². The van der Waals surface area contributed by atoms with Gasteiger partial charge in [0.1, 0.15) is 0 Å². The second kappa shape index (κ2) is 5.28. The Morgan fingerprint density at radius 1 is 1.37 bits per heavy atom. The Balaban J connectivity index is 2.31. The first-order chi connectivity index (χ1) is 8.89. The fraction of sp³-hybridized carbons (Fsp3) is 0.250. The van der Waals surface area contributed by atoms with Crippen molar-refractivity contribution in [1.29, 1.82) is 0 Å². The fourth-order valence-corrected chi connectivity index (χ4v) is 3.57. The normalized spacial score (nSPS) is 11.9. The summed E-state index contributed by atoms with van der Waals surface area (Å²) in [5.74, 6) is 0. The number of thiazole rings is 1. The van der Waals surface area contributed by atoms with Crippen LogP contribution in [-0.2, 0) is 16.6 Å². The quantitative estimate of drug-likeness (QED) is 0.874. The van der Waals surface area contributed by atoms with E-state index in [-0.39, 0.29) is 11.4 Å². The van der Waals surface area contributed by atoms with Crippen molar-refractivity contribution in [2.24, 2.45) is 0 Å². The van der Waals surface area contributed by atoms with Gasteiger partial charge in [0.15, 0.2) is 0 Å². The van der Waals surface area contributed by atoms with E-state index in [1.54, 1.807) is 17.6 Å². The van der Waals surface area contributed by atoms with Crippen molar-refractivity contribution in [1.82, 2.24) is 9.29 Å². The summed E-state index contributed by atoms with van der Waals surface area (Å²) in [5.41, 5.74) is 9.38. The highest BCUT2D eigenvalue weighted by Gasteiger charge is 2.22. The van der Waals surface area contributed by atoms with Gasteiger partial charge in [0.2, 0.25) is 10.0 Å². The molecule has 0 radical (unpaired) electrons. The Hall–Kier alpha value is -1.44. The van der Waals surface area contributed by atoms with E-state index in [1.165, 1.54) is 28.8 Å². The summed E-state index contributed by atoms with van der Waals surface area (Å²) in [6, 6.07) is 4.82. The third kappa shape index (κ3) is 3.12. The molecule has 0 saturated heterocycles. The van der Waals surface area contributed by atoms with Gasteiger partial charge >= 0.3 is 0 Å². The molecule has 0 unspecified atom stereocenters. The molecule has 5 nitrogen and oxygen atoms in total. The minimum absolute atomic E-state index is 0.211. The number of hydrogen-bond donors (Lipinski definition) is 1. The summed E-state index contributed by atoms with van der Waals surface area (Å²) in [6.07, 6.45) is 0. The first-order valence-corrected chi connectivity index (χ1v) is 7.98. The number of hydrogen-bond acceptors (Lipinski definition) is 5. The molecule has 0 bridgehead atoms. The van der Waals surface area contributed by atoms with Crippen LogP contribution in [0.15, 0.2) is 34.0 Å². The molecular weight excluding hydrogens is 282 g/mol. The third-order valence-corrected chi connectivity index (χ3v) is 5.07. The van der Waals surface area contributed by atoms with Gasteiger partial charge in [-0.15, -0.1) is 11.3 Å². The molecule has 102 valence electrons. The van der Waals surface area contributed by atoms with Crippen LogP contribution >= 0.6 is 11.3 Å². The summed E-state index contributed by atoms with van der Waals surface area (Å²) in [4.78, 5) is 4.30. The number of nitrogens with zero attached hydrogens (tertiary/aromatic N) is 2. The first kappa shape index (κ1) is 14.0. The van der Waals surface area contributed by atoms with Crippen molar-refractivity contribution in [2.75, 3.05) is 12.8 Å². The average Bonchev–Trinajstić information content (AvgIpc) is 2.80. The van der Waals surface area contributed by atoms with Crippen molar-refractivity contribution in [3.8, 4) is 0 Å². The second-order valence-corrected chi connectivity index (χ2v) is 7.08. The number of rotatable bonds is 4. The van der Waals surface area contributed by atoms with E-state index in [1.807, 2.05) is 12.3 Å². The number of benzene rings is 1. The molecule has 0 atom stereocenters. The molecule has 0 spiro atoms. The second-order valence-electron chi connectivity index (χ2n) is 4.32. The van der Waals surface area contributed by atoms with Crippen LogP contribution in [0.4, 0.5) is 5.69 Å². The van der Waals surface area contributed by atoms with Gasteiger partial charge in [0, 0.05) is 18.1 Å². The van der Waals surface area contributed by atoms with Gasteiger partial charge < -0.3 is 5.73 Å². The molecule has 1 heterocycles. The van der Waals surface area contributed by atoms with Crippen LogP contribution < -0.4 is 5.73 Å². The van der Waals surface area contributed by atoms with Gasteiger partial charge in [-0.1, -0.05) is 0 Å². The average molecular weight is 297 g/mol. The summed E-state index contributed by atoms with van der Waals surface area (Å²) in [6.45, 7) is 2.06. The van der Waals surface area contributed by atoms with Crippen LogP contribution in [0.5, 0.6) is 0 Å². The van der Waals surface area contributed by atoms with Crippen molar-refractivity contribution in [3.05, 3.63) is 40.3 Å². The molecule has 2 aromatic rings. The largest absolute Gasteiger partial charge is 0.399 e. The van der Waals surface area contributed by atoms with Crippen molar-refractivity contribution in [3.63, 3.8) is 0 Å². The van der Waals surface area contributed by atoms with Gasteiger partial charge in [0.05, 0.1) is 22.6 Å². The third-order valence-electron chi connectivity index (χ3n) is 2.65. The van der Waals surface area contributed by atoms with Crippen LogP contribution in [0.25, 0.3) is 0 Å². The number of sulfonamides is 1. The highest BCUT2D eigenvalue weighted by Crippen LogP contribution is 2.20. The van der Waals surface area contributed by atoms with E-state index < -0.39 is 10.0 Å². The van der Waals surface area contributed by atoms with Crippen LogP contribution in [0, 0.1) is 6.92 Å². The van der Waals surface area contributed by atoms with E-state index in [0.717, 1.165) is 11.3 Å². The fourth-order valence-electron chi connectivity index (χ4n) is 1.73. The van der Waals surface area contributed by atoms with Crippen LogP contribution in [-0.4, -0.2) is 24.8 Å². The number of aryl methyl sites for hydroxylation is 1. The van der Waals surface area contributed by atoms with E-state index in [4.69, 9.17) is 5.73 Å². The summed E-state index contributed by atoms with van der Waals surface area (Å²) < 4.78 is 26.1. The van der Waals surface area contributed by atoms with Crippen LogP contribution in [0.2, 0.25) is 0 Å². The van der Waals surface area contributed by atoms with E-state index in [9.17, 15) is 8.42 Å². The molecule has 0 aliphatic rings. The Morgan fingerprint density at radius 2 is 2.11 bits per heavy atom. The SMILES string of the molecule is Cc1cc(N)cc(S(=O)(=O)N(C)Cc2cscn2)c1. The minimum Gasteiger partial charge on any atom is -0.399 e. The molecular formula is C12H15N3O2S2. The molecule has 0 fully saturated rings. The summed E-state index contributed by atoms with van der Waals surface area (Å²) >= 11 is 1.44. The standard InChI is InChI=1S/C12H15N3O2S2/c1-9-3-10(13)5-12(4-9)19(16,17)15(2)6-11-7-18-8-14-11/h3-5,7-8H,6,13H2,1-2H3. The van der Waals surface area contributed by atoms with Gasteiger partial charge in [-0.05, 0) is 30.7 Å². The smallest absolute Gasteiger partial charge is 0.243 e. The summed E-state index contributed by atoms with van der Waals surface area (Å²) in [7, 11) is -2.01.